The first-order valence-corrected chi connectivity index (χ1v) is 9.18. The molecule has 2 aliphatic rings. The molecule has 1 saturated carbocycles. The van der Waals surface area contributed by atoms with Crippen molar-refractivity contribution in [2.24, 2.45) is 10.4 Å². The minimum absolute atomic E-state index is 0.500. The molecule has 130 valence electrons. The fourth-order valence-corrected chi connectivity index (χ4v) is 3.56. The molecule has 1 aromatic rings. The van der Waals surface area contributed by atoms with Gasteiger partial charge in [0.15, 0.2) is 5.96 Å². The van der Waals surface area contributed by atoms with E-state index in [1.165, 1.54) is 36.9 Å². The average Bonchev–Trinajstić information content (AvgIpc) is 3.12. The first-order chi connectivity index (χ1) is 11.7. The molecule has 24 heavy (non-hydrogen) atoms. The number of guanidine groups is 1. The molecular formula is C20H30N4. The lowest BCUT2D eigenvalue weighted by molar-refractivity contribution is 0.131. The van der Waals surface area contributed by atoms with E-state index in [1.807, 2.05) is 7.05 Å². The predicted octanol–water partition coefficient (Wildman–Crippen LogP) is 3.31. The van der Waals surface area contributed by atoms with E-state index in [0.29, 0.717) is 5.41 Å². The van der Waals surface area contributed by atoms with Gasteiger partial charge in [0, 0.05) is 38.9 Å². The van der Waals surface area contributed by atoms with Crippen LogP contribution >= 0.6 is 0 Å². The van der Waals surface area contributed by atoms with Crippen LogP contribution in [0.25, 0.3) is 0 Å². The van der Waals surface area contributed by atoms with E-state index in [0.717, 1.165) is 32.1 Å². The lowest BCUT2D eigenvalue weighted by atomic mass is 9.67. The summed E-state index contributed by atoms with van der Waals surface area (Å²) in [5.74, 6) is 0.906. The first kappa shape index (κ1) is 16.9. The SMILES string of the molecule is CCC1(CNC(=NC)NCc2cccc(N3CC=CC3)c2)CCC1. The molecule has 0 aromatic heterocycles. The normalized spacial score (nSPS) is 19.2. The van der Waals surface area contributed by atoms with Gasteiger partial charge in [-0.05, 0) is 42.4 Å². The zero-order valence-electron chi connectivity index (χ0n) is 15.0. The van der Waals surface area contributed by atoms with Gasteiger partial charge in [-0.1, -0.05) is 37.6 Å². The molecule has 3 rings (SSSR count). The van der Waals surface area contributed by atoms with E-state index in [9.17, 15) is 0 Å². The van der Waals surface area contributed by atoms with Crippen molar-refractivity contribution in [3.8, 4) is 0 Å². The molecule has 1 aliphatic carbocycles. The Bertz CT molecular complexity index is 588. The summed E-state index contributed by atoms with van der Waals surface area (Å²) in [6, 6.07) is 8.77. The summed E-state index contributed by atoms with van der Waals surface area (Å²) in [6.07, 6.45) is 9.77. The number of hydrogen-bond acceptors (Lipinski definition) is 2. The average molecular weight is 326 g/mol. The smallest absolute Gasteiger partial charge is 0.191 e. The van der Waals surface area contributed by atoms with Crippen molar-refractivity contribution in [1.29, 1.82) is 0 Å². The van der Waals surface area contributed by atoms with E-state index in [2.05, 4.69) is 63.9 Å². The molecule has 0 saturated heterocycles. The van der Waals surface area contributed by atoms with E-state index < -0.39 is 0 Å². The topological polar surface area (TPSA) is 39.7 Å². The van der Waals surface area contributed by atoms with Gasteiger partial charge in [0.25, 0.3) is 0 Å². The summed E-state index contributed by atoms with van der Waals surface area (Å²) < 4.78 is 0. The number of nitrogens with one attached hydrogen (secondary N) is 2. The van der Waals surface area contributed by atoms with Crippen LogP contribution in [-0.4, -0.2) is 32.6 Å². The molecule has 4 nitrogen and oxygen atoms in total. The third-order valence-electron chi connectivity index (χ3n) is 5.57. The summed E-state index contributed by atoms with van der Waals surface area (Å²) in [5.41, 5.74) is 3.08. The molecule has 1 aromatic carbocycles. The largest absolute Gasteiger partial charge is 0.364 e. The molecule has 0 unspecified atom stereocenters. The lowest BCUT2D eigenvalue weighted by Crippen LogP contribution is -2.46. The molecule has 0 bridgehead atoms. The lowest BCUT2D eigenvalue weighted by Gasteiger charge is -2.41. The Morgan fingerprint density at radius 1 is 1.21 bits per heavy atom. The first-order valence-electron chi connectivity index (χ1n) is 9.18. The highest BCUT2D eigenvalue weighted by Crippen LogP contribution is 2.42. The van der Waals surface area contributed by atoms with Crippen LogP contribution in [0.4, 0.5) is 5.69 Å². The zero-order valence-corrected chi connectivity index (χ0v) is 15.0. The molecule has 1 aliphatic heterocycles. The van der Waals surface area contributed by atoms with Gasteiger partial charge in [0.2, 0.25) is 0 Å². The van der Waals surface area contributed by atoms with Gasteiger partial charge < -0.3 is 15.5 Å². The summed E-state index contributed by atoms with van der Waals surface area (Å²) in [7, 11) is 1.85. The standard InChI is InChI=1S/C20H30N4/c1-3-20(10-7-11-20)16-23-19(21-2)22-15-17-8-6-9-18(14-17)24-12-4-5-13-24/h4-6,8-9,14H,3,7,10-13,15-16H2,1-2H3,(H2,21,22,23). The van der Waals surface area contributed by atoms with Crippen molar-refractivity contribution in [2.75, 3.05) is 31.6 Å². The van der Waals surface area contributed by atoms with Crippen molar-refractivity contribution < 1.29 is 0 Å². The van der Waals surface area contributed by atoms with Crippen molar-refractivity contribution in [3.63, 3.8) is 0 Å². The maximum Gasteiger partial charge on any atom is 0.191 e. The van der Waals surface area contributed by atoms with Gasteiger partial charge in [0.05, 0.1) is 0 Å². The van der Waals surface area contributed by atoms with Crippen LogP contribution < -0.4 is 15.5 Å². The van der Waals surface area contributed by atoms with Crippen LogP contribution in [0, 0.1) is 5.41 Å². The summed E-state index contributed by atoms with van der Waals surface area (Å²) in [6.45, 7) is 6.16. The number of nitrogens with zero attached hydrogens (tertiary/aromatic N) is 2. The molecule has 0 amide bonds. The number of benzene rings is 1. The van der Waals surface area contributed by atoms with Gasteiger partial charge in [-0.25, -0.2) is 0 Å². The predicted molar refractivity (Wildman–Crippen MR) is 103 cm³/mol. The van der Waals surface area contributed by atoms with Crippen molar-refractivity contribution >= 4 is 11.6 Å². The van der Waals surface area contributed by atoms with Gasteiger partial charge in [-0.15, -0.1) is 0 Å². The van der Waals surface area contributed by atoms with E-state index >= 15 is 0 Å². The minimum Gasteiger partial charge on any atom is -0.364 e. The van der Waals surface area contributed by atoms with Crippen LogP contribution in [0.2, 0.25) is 0 Å². The second-order valence-electron chi connectivity index (χ2n) is 7.03. The van der Waals surface area contributed by atoms with Gasteiger partial charge >= 0.3 is 0 Å². The van der Waals surface area contributed by atoms with E-state index in [-0.39, 0.29) is 0 Å². The Kier molecular flexibility index (Phi) is 5.44. The highest BCUT2D eigenvalue weighted by molar-refractivity contribution is 5.79. The fourth-order valence-electron chi connectivity index (χ4n) is 3.56. The fraction of sp³-hybridized carbons (Fsp3) is 0.550. The molecular weight excluding hydrogens is 296 g/mol. The third kappa shape index (κ3) is 3.92. The van der Waals surface area contributed by atoms with Crippen molar-refractivity contribution in [1.82, 2.24) is 10.6 Å². The Labute approximate surface area is 146 Å². The minimum atomic E-state index is 0.500. The highest BCUT2D eigenvalue weighted by atomic mass is 15.2. The van der Waals surface area contributed by atoms with Crippen LogP contribution in [0.15, 0.2) is 41.4 Å². The maximum absolute atomic E-state index is 4.37. The van der Waals surface area contributed by atoms with Crippen LogP contribution in [0.3, 0.4) is 0 Å². The Morgan fingerprint density at radius 3 is 2.62 bits per heavy atom. The second-order valence-corrected chi connectivity index (χ2v) is 7.03. The van der Waals surface area contributed by atoms with Crippen LogP contribution in [0.1, 0.15) is 38.2 Å². The summed E-state index contributed by atoms with van der Waals surface area (Å²) >= 11 is 0. The van der Waals surface area contributed by atoms with Crippen molar-refractivity contribution in [2.45, 2.75) is 39.2 Å². The van der Waals surface area contributed by atoms with Crippen LogP contribution in [0.5, 0.6) is 0 Å². The molecule has 0 atom stereocenters. The number of aliphatic imine (C=N–C) groups is 1. The van der Waals surface area contributed by atoms with Gasteiger partial charge in [-0.2, -0.15) is 0 Å². The monoisotopic (exact) mass is 326 g/mol. The Hall–Kier alpha value is -1.97. The molecule has 1 fully saturated rings. The number of rotatable bonds is 6. The maximum atomic E-state index is 4.37. The van der Waals surface area contributed by atoms with E-state index in [1.54, 1.807) is 0 Å². The van der Waals surface area contributed by atoms with Gasteiger partial charge in [0.1, 0.15) is 0 Å². The Morgan fingerprint density at radius 2 is 2.00 bits per heavy atom. The molecule has 1 heterocycles. The summed E-state index contributed by atoms with van der Waals surface area (Å²) in [5, 5.41) is 6.97. The Balaban J connectivity index is 1.51. The third-order valence-corrected chi connectivity index (χ3v) is 5.57. The van der Waals surface area contributed by atoms with Gasteiger partial charge in [-0.3, -0.25) is 4.99 Å². The number of hydrogen-bond donors (Lipinski definition) is 2. The number of anilines is 1. The van der Waals surface area contributed by atoms with E-state index in [4.69, 9.17) is 0 Å². The summed E-state index contributed by atoms with van der Waals surface area (Å²) in [4.78, 5) is 6.75. The molecule has 0 spiro atoms. The highest BCUT2D eigenvalue weighted by Gasteiger charge is 2.34. The molecule has 2 N–H and O–H groups in total. The molecule has 4 heteroatoms. The quantitative estimate of drug-likeness (QED) is 0.479. The zero-order chi connectivity index (χ0) is 16.8. The second kappa shape index (κ2) is 7.73. The van der Waals surface area contributed by atoms with Crippen LogP contribution in [-0.2, 0) is 6.54 Å². The van der Waals surface area contributed by atoms with Crippen molar-refractivity contribution in [3.05, 3.63) is 42.0 Å². The molecule has 0 radical (unpaired) electrons.